The molecule has 0 amide bonds. The first-order valence-electron chi connectivity index (χ1n) is 15.6. The van der Waals surface area contributed by atoms with Crippen LogP contribution in [0.3, 0.4) is 0 Å². The second kappa shape index (κ2) is 9.95. The molecule has 6 saturated carbocycles. The van der Waals surface area contributed by atoms with Crippen LogP contribution in [0, 0.1) is 45.3 Å². The summed E-state index contributed by atoms with van der Waals surface area (Å²) in [4.78, 5) is 48.5. The van der Waals surface area contributed by atoms with Crippen molar-refractivity contribution in [2.24, 2.45) is 45.3 Å². The lowest BCUT2D eigenvalue weighted by atomic mass is 9.45. The van der Waals surface area contributed by atoms with E-state index in [0.717, 1.165) is 38.5 Å². The number of ether oxygens (including phenoxy) is 4. The van der Waals surface area contributed by atoms with Crippen molar-refractivity contribution in [3.8, 4) is 0 Å². The molecule has 8 aliphatic rings. The predicted molar refractivity (Wildman–Crippen MR) is 155 cm³/mol. The lowest BCUT2D eigenvalue weighted by Gasteiger charge is -2.59. The lowest BCUT2D eigenvalue weighted by Crippen LogP contribution is -2.63. The zero-order valence-corrected chi connectivity index (χ0v) is 26.5. The van der Waals surface area contributed by atoms with E-state index in [0.29, 0.717) is 23.0 Å². The molecule has 0 aromatic rings. The van der Waals surface area contributed by atoms with Crippen molar-refractivity contribution in [3.63, 3.8) is 0 Å². The summed E-state index contributed by atoms with van der Waals surface area (Å²) >= 11 is 0. The van der Waals surface area contributed by atoms with Crippen LogP contribution in [0.4, 0.5) is 0 Å². The summed E-state index contributed by atoms with van der Waals surface area (Å²) in [6.45, 7) is 23.4. The molecule has 2 saturated heterocycles. The first kappa shape index (κ1) is 30.8. The van der Waals surface area contributed by atoms with E-state index in [9.17, 15) is 19.2 Å². The molecule has 8 bridgehead atoms. The van der Waals surface area contributed by atoms with Gasteiger partial charge in [0.2, 0.25) is 0 Å². The van der Waals surface area contributed by atoms with Gasteiger partial charge in [0.1, 0.15) is 24.4 Å². The smallest absolute Gasteiger partial charge is 0.333 e. The standard InChI is InChI=1S/2C17H24O4/c1-9(2)14(18)21-13-12-16(5)6-7-17(13,10(3)4)8-11(16)15(19)20-12;1-9(2)14(18)20-12-13-17(10(3)4)7-6-16(12,5)8-11(17)15(19)21-13/h2*10-13H,1,6-8H2,2-5H3. The fourth-order valence-corrected chi connectivity index (χ4v) is 9.44. The third-order valence-corrected chi connectivity index (χ3v) is 12.4. The van der Waals surface area contributed by atoms with Crippen LogP contribution in [0.5, 0.6) is 0 Å². The minimum atomic E-state index is -0.382. The Morgan fingerprint density at radius 3 is 1.86 bits per heavy atom. The van der Waals surface area contributed by atoms with E-state index in [-0.39, 0.29) is 81.8 Å². The van der Waals surface area contributed by atoms with Gasteiger partial charge in [-0.3, -0.25) is 9.59 Å². The molecule has 232 valence electrons. The first-order chi connectivity index (χ1) is 19.4. The number of rotatable bonds is 6. The monoisotopic (exact) mass is 584 g/mol. The van der Waals surface area contributed by atoms with Gasteiger partial charge in [-0.1, -0.05) is 54.7 Å². The van der Waals surface area contributed by atoms with Gasteiger partial charge in [-0.25, -0.2) is 9.59 Å². The van der Waals surface area contributed by atoms with E-state index in [4.69, 9.17) is 18.9 Å². The molecule has 10 atom stereocenters. The van der Waals surface area contributed by atoms with Crippen LogP contribution in [0.2, 0.25) is 0 Å². The number of hydrogen-bond donors (Lipinski definition) is 0. The normalized spacial score (nSPS) is 43.9. The van der Waals surface area contributed by atoms with Gasteiger partial charge >= 0.3 is 23.9 Å². The fraction of sp³-hybridized carbons (Fsp3) is 0.765. The average Bonchev–Trinajstić information content (AvgIpc) is 3.26. The second-order valence-corrected chi connectivity index (χ2v) is 15.3. The van der Waals surface area contributed by atoms with Crippen LogP contribution in [-0.2, 0) is 38.1 Å². The maximum Gasteiger partial charge on any atom is 0.333 e. The number of esters is 4. The van der Waals surface area contributed by atoms with Crippen molar-refractivity contribution >= 4 is 23.9 Å². The maximum atomic E-state index is 12.3. The van der Waals surface area contributed by atoms with E-state index in [2.05, 4.69) is 54.7 Å². The Kier molecular flexibility index (Phi) is 7.30. The van der Waals surface area contributed by atoms with Gasteiger partial charge in [0.15, 0.2) is 0 Å². The minimum Gasteiger partial charge on any atom is -0.458 e. The Morgan fingerprint density at radius 1 is 0.762 bits per heavy atom. The largest absolute Gasteiger partial charge is 0.458 e. The molecule has 8 heteroatoms. The van der Waals surface area contributed by atoms with Gasteiger partial charge in [0.05, 0.1) is 11.8 Å². The first-order valence-corrected chi connectivity index (χ1v) is 15.6. The molecule has 42 heavy (non-hydrogen) atoms. The van der Waals surface area contributed by atoms with Crippen molar-refractivity contribution in [1.29, 1.82) is 0 Å². The van der Waals surface area contributed by atoms with E-state index in [1.807, 2.05) is 0 Å². The molecule has 6 aliphatic carbocycles. The SMILES string of the molecule is C=C(C)C(=O)OC1C2OC(=O)C3CC1(C(C)C)CCC32C.C=C(C)C(=O)OC1C2OC(=O)C3CC1(C)CCC32C(C)C. The molecule has 0 aromatic heterocycles. The Morgan fingerprint density at radius 2 is 1.31 bits per heavy atom. The quantitative estimate of drug-likeness (QED) is 0.222. The molecule has 8 fully saturated rings. The number of fused-ring (bicyclic) bond motifs is 2. The van der Waals surface area contributed by atoms with Crippen molar-refractivity contribution < 1.29 is 38.1 Å². The van der Waals surface area contributed by atoms with Crippen LogP contribution in [0.1, 0.15) is 93.9 Å². The summed E-state index contributed by atoms with van der Waals surface area (Å²) in [5.74, 6) is -0.392. The van der Waals surface area contributed by atoms with Gasteiger partial charge in [0, 0.05) is 32.8 Å². The van der Waals surface area contributed by atoms with Crippen LogP contribution in [0.15, 0.2) is 24.3 Å². The minimum absolute atomic E-state index is 0.0407. The van der Waals surface area contributed by atoms with E-state index >= 15 is 0 Å². The summed E-state index contributed by atoms with van der Waals surface area (Å²) in [5, 5.41) is 0. The van der Waals surface area contributed by atoms with Crippen LogP contribution < -0.4 is 0 Å². The molecule has 8 rings (SSSR count). The Labute approximate surface area is 249 Å². The predicted octanol–water partition coefficient (Wildman–Crippen LogP) is 5.72. The molecule has 0 spiro atoms. The lowest BCUT2D eigenvalue weighted by molar-refractivity contribution is -0.212. The van der Waals surface area contributed by atoms with E-state index < -0.39 is 0 Å². The number of carbonyl (C=O) groups excluding carboxylic acids is 4. The van der Waals surface area contributed by atoms with Crippen LogP contribution >= 0.6 is 0 Å². The highest BCUT2D eigenvalue weighted by atomic mass is 16.6. The van der Waals surface area contributed by atoms with Gasteiger partial charge in [-0.2, -0.15) is 0 Å². The summed E-state index contributed by atoms with van der Waals surface area (Å²) in [6, 6.07) is 0. The number of hydrogen-bond acceptors (Lipinski definition) is 8. The maximum absolute atomic E-state index is 12.3. The fourth-order valence-electron chi connectivity index (χ4n) is 9.44. The average molecular weight is 585 g/mol. The Bertz CT molecular complexity index is 1230. The highest BCUT2D eigenvalue weighted by molar-refractivity contribution is 5.88. The van der Waals surface area contributed by atoms with Crippen LogP contribution in [0.25, 0.3) is 0 Å². The Balaban J connectivity index is 0.000000168. The summed E-state index contributed by atoms with van der Waals surface area (Å²) in [6.07, 6.45) is 4.13. The molecule has 2 aliphatic heterocycles. The van der Waals surface area contributed by atoms with Gasteiger partial charge in [-0.05, 0) is 64.2 Å². The third-order valence-electron chi connectivity index (χ3n) is 12.4. The molecular formula is C34H48O8. The molecular weight excluding hydrogens is 536 g/mol. The van der Waals surface area contributed by atoms with Crippen molar-refractivity contribution in [2.75, 3.05) is 0 Å². The van der Waals surface area contributed by atoms with Crippen molar-refractivity contribution in [2.45, 2.75) is 118 Å². The van der Waals surface area contributed by atoms with Gasteiger partial charge < -0.3 is 18.9 Å². The Hall–Kier alpha value is -2.64. The highest BCUT2D eigenvalue weighted by Crippen LogP contribution is 2.68. The van der Waals surface area contributed by atoms with Crippen molar-refractivity contribution in [3.05, 3.63) is 24.3 Å². The van der Waals surface area contributed by atoms with Gasteiger partial charge in [0.25, 0.3) is 0 Å². The molecule has 0 radical (unpaired) electrons. The van der Waals surface area contributed by atoms with Crippen LogP contribution in [-0.4, -0.2) is 48.3 Å². The summed E-state index contributed by atoms with van der Waals surface area (Å²) < 4.78 is 22.8. The zero-order valence-electron chi connectivity index (χ0n) is 26.5. The number of carbonyl (C=O) groups is 4. The molecule has 10 unspecified atom stereocenters. The van der Waals surface area contributed by atoms with Crippen molar-refractivity contribution in [1.82, 2.24) is 0 Å². The van der Waals surface area contributed by atoms with E-state index in [1.165, 1.54) is 0 Å². The molecule has 8 nitrogen and oxygen atoms in total. The second-order valence-electron chi connectivity index (χ2n) is 15.3. The topological polar surface area (TPSA) is 105 Å². The van der Waals surface area contributed by atoms with E-state index in [1.54, 1.807) is 13.8 Å². The summed E-state index contributed by atoms with van der Waals surface area (Å²) in [7, 11) is 0. The molecule has 0 aromatic carbocycles. The van der Waals surface area contributed by atoms with Gasteiger partial charge in [-0.15, -0.1) is 0 Å². The third kappa shape index (κ3) is 4.13. The highest BCUT2D eigenvalue weighted by Gasteiger charge is 2.73. The zero-order chi connectivity index (χ0) is 31.2. The summed E-state index contributed by atoms with van der Waals surface area (Å²) in [5.41, 5.74) is 0.108. The molecule has 2 heterocycles. The molecule has 0 N–H and O–H groups in total.